The summed E-state index contributed by atoms with van der Waals surface area (Å²) in [5.41, 5.74) is 0.185. The lowest BCUT2D eigenvalue weighted by Gasteiger charge is -2.12. The van der Waals surface area contributed by atoms with Crippen molar-refractivity contribution in [3.8, 4) is 5.75 Å². The SMILES string of the molecule is CCCCOc1ccccc1/C=N/N=C1\NC(=O)C(Cc2cc(C(F)(F)F)ccc2Cl)S1. The number of para-hydroxylation sites is 1. The zero-order chi connectivity index (χ0) is 23.1. The molecular weight excluding hydrogens is 463 g/mol. The molecule has 1 fully saturated rings. The number of benzene rings is 2. The van der Waals surface area contributed by atoms with Gasteiger partial charge in [0.25, 0.3) is 0 Å². The predicted octanol–water partition coefficient (Wildman–Crippen LogP) is 5.70. The van der Waals surface area contributed by atoms with Crippen LogP contribution < -0.4 is 10.1 Å². The van der Waals surface area contributed by atoms with Crippen molar-refractivity contribution in [2.24, 2.45) is 10.2 Å². The molecule has 1 aliphatic rings. The molecule has 1 atom stereocenters. The van der Waals surface area contributed by atoms with Crippen LogP contribution >= 0.6 is 23.4 Å². The number of thioether (sulfide) groups is 1. The van der Waals surface area contributed by atoms with Crippen molar-refractivity contribution < 1.29 is 22.7 Å². The Labute approximate surface area is 193 Å². The third-order valence-electron chi connectivity index (χ3n) is 4.57. The van der Waals surface area contributed by atoms with Crippen molar-refractivity contribution in [2.75, 3.05) is 6.61 Å². The Hall–Kier alpha value is -2.52. The lowest BCUT2D eigenvalue weighted by Crippen LogP contribution is -2.26. The van der Waals surface area contributed by atoms with Crippen LogP contribution in [0.3, 0.4) is 0 Å². The van der Waals surface area contributed by atoms with Gasteiger partial charge < -0.3 is 10.1 Å². The average Bonchev–Trinajstić information content (AvgIpc) is 3.09. The van der Waals surface area contributed by atoms with E-state index in [1.165, 1.54) is 12.3 Å². The maximum Gasteiger partial charge on any atom is 0.416 e. The standard InChI is InChI=1S/C22H21ClF3N3O2S/c1-2-3-10-31-18-7-5-4-6-14(18)13-27-29-21-28-20(30)19(32-21)12-15-11-16(22(24,25)26)8-9-17(15)23/h4-9,11,13,19H,2-3,10,12H2,1H3,(H,28,29,30)/b27-13+. The molecule has 1 N–H and O–H groups in total. The quantitative estimate of drug-likeness (QED) is 0.297. The number of alkyl halides is 3. The van der Waals surface area contributed by atoms with E-state index in [2.05, 4.69) is 22.4 Å². The first kappa shape index (κ1) is 24.1. The lowest BCUT2D eigenvalue weighted by atomic mass is 10.1. The molecule has 32 heavy (non-hydrogen) atoms. The van der Waals surface area contributed by atoms with Crippen molar-refractivity contribution in [3.63, 3.8) is 0 Å². The van der Waals surface area contributed by atoms with Gasteiger partial charge in [0.15, 0.2) is 5.17 Å². The third-order valence-corrected chi connectivity index (χ3v) is 6.02. The smallest absolute Gasteiger partial charge is 0.416 e. The molecule has 1 amide bonds. The molecule has 170 valence electrons. The molecule has 1 aliphatic heterocycles. The first-order valence-corrected chi connectivity index (χ1v) is 11.2. The van der Waals surface area contributed by atoms with Gasteiger partial charge in [-0.1, -0.05) is 48.8 Å². The zero-order valence-electron chi connectivity index (χ0n) is 17.2. The molecule has 1 heterocycles. The van der Waals surface area contributed by atoms with Gasteiger partial charge in [0.2, 0.25) is 5.91 Å². The summed E-state index contributed by atoms with van der Waals surface area (Å²) in [6, 6.07) is 10.5. The maximum absolute atomic E-state index is 13.0. The average molecular weight is 484 g/mol. The van der Waals surface area contributed by atoms with Crippen LogP contribution in [-0.2, 0) is 17.4 Å². The van der Waals surface area contributed by atoms with Gasteiger partial charge in [0.05, 0.1) is 23.6 Å². The maximum atomic E-state index is 13.0. The van der Waals surface area contributed by atoms with E-state index in [0.29, 0.717) is 12.4 Å². The van der Waals surface area contributed by atoms with Gasteiger partial charge in [0, 0.05) is 10.6 Å². The summed E-state index contributed by atoms with van der Waals surface area (Å²) in [6.45, 7) is 2.68. The summed E-state index contributed by atoms with van der Waals surface area (Å²) in [5, 5.41) is 10.4. The van der Waals surface area contributed by atoms with E-state index in [4.69, 9.17) is 16.3 Å². The molecule has 2 aromatic rings. The molecule has 2 aromatic carbocycles. The second kappa shape index (κ2) is 10.9. The van der Waals surface area contributed by atoms with Gasteiger partial charge in [-0.05, 0) is 48.7 Å². The summed E-state index contributed by atoms with van der Waals surface area (Å²) in [4.78, 5) is 12.3. The monoisotopic (exact) mass is 483 g/mol. The van der Waals surface area contributed by atoms with Crippen LogP contribution in [0.2, 0.25) is 5.02 Å². The molecule has 10 heteroatoms. The number of hydrogen-bond donors (Lipinski definition) is 1. The normalized spacial score (nSPS) is 17.8. The van der Waals surface area contributed by atoms with E-state index in [1.807, 2.05) is 24.3 Å². The van der Waals surface area contributed by atoms with Crippen LogP contribution in [0.4, 0.5) is 13.2 Å². The number of unbranched alkanes of at least 4 members (excludes halogenated alkanes) is 1. The van der Waals surface area contributed by atoms with E-state index in [9.17, 15) is 18.0 Å². The molecule has 5 nitrogen and oxygen atoms in total. The van der Waals surface area contributed by atoms with Crippen LogP contribution in [0.1, 0.15) is 36.5 Å². The highest BCUT2D eigenvalue weighted by Gasteiger charge is 2.34. The number of nitrogens with zero attached hydrogens (tertiary/aromatic N) is 2. The number of rotatable bonds is 8. The fourth-order valence-electron chi connectivity index (χ4n) is 2.88. The number of ether oxygens (including phenoxy) is 1. The molecule has 0 aliphatic carbocycles. The van der Waals surface area contributed by atoms with Crippen LogP contribution in [0, 0.1) is 0 Å². The van der Waals surface area contributed by atoms with E-state index in [0.717, 1.165) is 42.3 Å². The highest BCUT2D eigenvalue weighted by Crippen LogP contribution is 2.33. The lowest BCUT2D eigenvalue weighted by molar-refractivity contribution is -0.137. The van der Waals surface area contributed by atoms with Gasteiger partial charge in [-0.3, -0.25) is 4.79 Å². The van der Waals surface area contributed by atoms with Gasteiger partial charge in [-0.25, -0.2) is 0 Å². The summed E-state index contributed by atoms with van der Waals surface area (Å²) >= 11 is 7.14. The van der Waals surface area contributed by atoms with E-state index >= 15 is 0 Å². The van der Waals surface area contributed by atoms with E-state index in [-0.39, 0.29) is 28.1 Å². The van der Waals surface area contributed by atoms with Crippen LogP contribution in [0.25, 0.3) is 0 Å². The first-order chi connectivity index (χ1) is 15.3. The number of halogens is 4. The van der Waals surface area contributed by atoms with Crippen molar-refractivity contribution in [3.05, 3.63) is 64.2 Å². The summed E-state index contributed by atoms with van der Waals surface area (Å²) in [7, 11) is 0. The number of carbonyl (C=O) groups is 1. The predicted molar refractivity (Wildman–Crippen MR) is 122 cm³/mol. The Bertz CT molecular complexity index is 1030. The Morgan fingerprint density at radius 2 is 2.03 bits per heavy atom. The molecular formula is C22H21ClF3N3O2S. The first-order valence-electron chi connectivity index (χ1n) is 9.94. The Morgan fingerprint density at radius 1 is 1.25 bits per heavy atom. The van der Waals surface area contributed by atoms with Crippen molar-refractivity contribution in [1.29, 1.82) is 0 Å². The minimum absolute atomic E-state index is 0.0378. The number of carbonyl (C=O) groups excluding carboxylic acids is 1. The minimum Gasteiger partial charge on any atom is -0.493 e. The van der Waals surface area contributed by atoms with Crippen LogP contribution in [-0.4, -0.2) is 29.1 Å². The topological polar surface area (TPSA) is 63.1 Å². The summed E-state index contributed by atoms with van der Waals surface area (Å²) < 4.78 is 44.7. The van der Waals surface area contributed by atoms with Crippen molar-refractivity contribution in [1.82, 2.24) is 5.32 Å². The fourth-order valence-corrected chi connectivity index (χ4v) is 4.03. The zero-order valence-corrected chi connectivity index (χ0v) is 18.7. The minimum atomic E-state index is -4.48. The second-order valence-corrected chi connectivity index (χ2v) is 8.59. The summed E-state index contributed by atoms with van der Waals surface area (Å²) in [6.07, 6.45) is -0.960. The Balaban J connectivity index is 1.67. The summed E-state index contributed by atoms with van der Waals surface area (Å²) in [5.74, 6) is 0.325. The number of nitrogens with one attached hydrogen (secondary N) is 1. The number of hydrogen-bond acceptors (Lipinski definition) is 5. The molecule has 0 saturated carbocycles. The Kier molecular flexibility index (Phi) is 8.20. The third kappa shape index (κ3) is 6.49. The molecule has 3 rings (SSSR count). The van der Waals surface area contributed by atoms with Gasteiger partial charge >= 0.3 is 6.18 Å². The Morgan fingerprint density at radius 3 is 2.78 bits per heavy atom. The van der Waals surface area contributed by atoms with Crippen LogP contribution in [0.15, 0.2) is 52.7 Å². The molecule has 0 aromatic heterocycles. The van der Waals surface area contributed by atoms with E-state index in [1.54, 1.807) is 0 Å². The highest BCUT2D eigenvalue weighted by atomic mass is 35.5. The molecule has 1 saturated heterocycles. The molecule has 0 radical (unpaired) electrons. The number of amides is 1. The number of amidine groups is 1. The van der Waals surface area contributed by atoms with Gasteiger partial charge in [-0.15, -0.1) is 5.10 Å². The van der Waals surface area contributed by atoms with Crippen molar-refractivity contribution >= 4 is 40.7 Å². The van der Waals surface area contributed by atoms with Crippen LogP contribution in [0.5, 0.6) is 5.75 Å². The van der Waals surface area contributed by atoms with E-state index < -0.39 is 17.0 Å². The fraction of sp³-hybridized carbons (Fsp3) is 0.318. The molecule has 0 spiro atoms. The highest BCUT2D eigenvalue weighted by molar-refractivity contribution is 8.15. The largest absolute Gasteiger partial charge is 0.493 e. The molecule has 1 unspecified atom stereocenters. The molecule has 0 bridgehead atoms. The van der Waals surface area contributed by atoms with Crippen molar-refractivity contribution in [2.45, 2.75) is 37.6 Å². The second-order valence-electron chi connectivity index (χ2n) is 6.99. The van der Waals surface area contributed by atoms with Gasteiger partial charge in [-0.2, -0.15) is 18.3 Å². The van der Waals surface area contributed by atoms with Gasteiger partial charge in [0.1, 0.15) is 5.75 Å².